The summed E-state index contributed by atoms with van der Waals surface area (Å²) < 4.78 is 5.07. The number of halogens is 1. The minimum atomic E-state index is -0.788. The minimum absolute atomic E-state index is 0.0632. The molecule has 0 fully saturated rings. The molecule has 0 unspecified atom stereocenters. The van der Waals surface area contributed by atoms with E-state index >= 15 is 0 Å². The van der Waals surface area contributed by atoms with Gasteiger partial charge >= 0.3 is 5.97 Å². The molecule has 3 aromatic rings. The SMILES string of the molecule is Cc1ccc(C)c(N2C(=O)c3ccc(C(=O)OCC(=O)Nc4cccc(Cl)c4)cc3C2=O)c1. The number of carbonyl (C=O) groups is 4. The van der Waals surface area contributed by atoms with Gasteiger partial charge in [0, 0.05) is 10.7 Å². The standard InChI is InChI=1S/C25H19ClN2O5/c1-14-6-7-15(2)21(10-14)28-23(30)19-9-8-16(11-20(19)24(28)31)25(32)33-13-22(29)27-18-5-3-4-17(26)12-18/h3-12H,13H2,1-2H3,(H,27,29). The Kier molecular flexibility index (Phi) is 5.98. The fourth-order valence-electron chi connectivity index (χ4n) is 3.52. The number of nitrogens with one attached hydrogen (secondary N) is 1. The highest BCUT2D eigenvalue weighted by Crippen LogP contribution is 2.32. The molecule has 8 heteroatoms. The highest BCUT2D eigenvalue weighted by molar-refractivity contribution is 6.35. The lowest BCUT2D eigenvalue weighted by Crippen LogP contribution is -2.30. The highest BCUT2D eigenvalue weighted by atomic mass is 35.5. The van der Waals surface area contributed by atoms with E-state index in [2.05, 4.69) is 5.32 Å². The Labute approximate surface area is 194 Å². The van der Waals surface area contributed by atoms with Crippen LogP contribution < -0.4 is 10.2 Å². The van der Waals surface area contributed by atoms with Crippen LogP contribution >= 0.6 is 11.6 Å². The van der Waals surface area contributed by atoms with Crippen LogP contribution in [0.2, 0.25) is 5.02 Å². The Balaban J connectivity index is 1.48. The monoisotopic (exact) mass is 462 g/mol. The predicted octanol–water partition coefficient (Wildman–Crippen LogP) is 4.55. The molecule has 0 bridgehead atoms. The van der Waals surface area contributed by atoms with Gasteiger partial charge in [0.2, 0.25) is 0 Å². The van der Waals surface area contributed by atoms with E-state index in [1.54, 1.807) is 30.3 Å². The van der Waals surface area contributed by atoms with E-state index in [-0.39, 0.29) is 16.7 Å². The summed E-state index contributed by atoms with van der Waals surface area (Å²) in [5, 5.41) is 3.03. The maximum absolute atomic E-state index is 13.0. The van der Waals surface area contributed by atoms with Gasteiger partial charge in [-0.05, 0) is 67.4 Å². The lowest BCUT2D eigenvalue weighted by Gasteiger charge is -2.17. The van der Waals surface area contributed by atoms with Gasteiger partial charge in [-0.3, -0.25) is 14.4 Å². The van der Waals surface area contributed by atoms with E-state index in [1.807, 2.05) is 26.0 Å². The Morgan fingerprint density at radius 2 is 1.70 bits per heavy atom. The Bertz CT molecular complexity index is 1320. The smallest absolute Gasteiger partial charge is 0.338 e. The van der Waals surface area contributed by atoms with Gasteiger partial charge in [-0.15, -0.1) is 0 Å². The first-order chi connectivity index (χ1) is 15.7. The number of nitrogens with zero attached hydrogens (tertiary/aromatic N) is 1. The van der Waals surface area contributed by atoms with Gasteiger partial charge in [-0.2, -0.15) is 0 Å². The Morgan fingerprint density at radius 1 is 0.939 bits per heavy atom. The van der Waals surface area contributed by atoms with Crippen molar-refractivity contribution in [2.45, 2.75) is 13.8 Å². The van der Waals surface area contributed by atoms with Crippen LogP contribution in [0.3, 0.4) is 0 Å². The number of imide groups is 1. The van der Waals surface area contributed by atoms with Crippen LogP contribution in [-0.4, -0.2) is 30.3 Å². The molecule has 0 atom stereocenters. The second kappa shape index (κ2) is 8.88. The third-order valence-electron chi connectivity index (χ3n) is 5.17. The molecule has 0 spiro atoms. The number of hydrogen-bond donors (Lipinski definition) is 1. The van der Waals surface area contributed by atoms with Gasteiger partial charge < -0.3 is 10.1 Å². The van der Waals surface area contributed by atoms with Crippen LogP contribution in [0.15, 0.2) is 60.7 Å². The number of hydrogen-bond acceptors (Lipinski definition) is 5. The molecule has 0 aromatic heterocycles. The maximum atomic E-state index is 13.0. The van der Waals surface area contributed by atoms with Gasteiger partial charge in [-0.1, -0.05) is 29.8 Å². The van der Waals surface area contributed by atoms with Crippen molar-refractivity contribution in [1.29, 1.82) is 0 Å². The summed E-state index contributed by atoms with van der Waals surface area (Å²) in [4.78, 5) is 51.5. The van der Waals surface area contributed by atoms with Crippen molar-refractivity contribution in [2.24, 2.45) is 0 Å². The number of amides is 3. The fourth-order valence-corrected chi connectivity index (χ4v) is 3.71. The van der Waals surface area contributed by atoms with E-state index in [0.717, 1.165) is 16.0 Å². The second-order valence-electron chi connectivity index (χ2n) is 7.63. The third-order valence-corrected chi connectivity index (χ3v) is 5.41. The average Bonchev–Trinajstić information content (AvgIpc) is 3.03. The molecule has 166 valence electrons. The molecule has 33 heavy (non-hydrogen) atoms. The molecule has 7 nitrogen and oxygen atoms in total. The maximum Gasteiger partial charge on any atom is 0.338 e. The van der Waals surface area contributed by atoms with Gasteiger partial charge in [0.05, 0.1) is 22.4 Å². The fraction of sp³-hybridized carbons (Fsp3) is 0.120. The van der Waals surface area contributed by atoms with E-state index in [9.17, 15) is 19.2 Å². The normalized spacial score (nSPS) is 12.5. The first-order valence-electron chi connectivity index (χ1n) is 10.1. The van der Waals surface area contributed by atoms with Crippen LogP contribution in [0.4, 0.5) is 11.4 Å². The van der Waals surface area contributed by atoms with E-state index in [1.165, 1.54) is 18.2 Å². The lowest BCUT2D eigenvalue weighted by atomic mass is 10.1. The van der Waals surface area contributed by atoms with Crippen LogP contribution in [0, 0.1) is 13.8 Å². The quantitative estimate of drug-likeness (QED) is 0.443. The number of carbonyl (C=O) groups excluding carboxylic acids is 4. The van der Waals surface area contributed by atoms with Gasteiger partial charge in [0.15, 0.2) is 6.61 Å². The van der Waals surface area contributed by atoms with Crippen molar-refractivity contribution >= 4 is 46.7 Å². The summed E-state index contributed by atoms with van der Waals surface area (Å²) in [5.74, 6) is -2.30. The first-order valence-corrected chi connectivity index (χ1v) is 10.4. The van der Waals surface area contributed by atoms with Crippen LogP contribution in [0.5, 0.6) is 0 Å². The summed E-state index contributed by atoms with van der Waals surface area (Å²) in [5.41, 5.74) is 3.04. The van der Waals surface area contributed by atoms with Crippen molar-refractivity contribution in [1.82, 2.24) is 0 Å². The van der Waals surface area contributed by atoms with Gasteiger partial charge in [0.25, 0.3) is 17.7 Å². The molecule has 3 amide bonds. The number of anilines is 2. The first kappa shape index (κ1) is 22.2. The van der Waals surface area contributed by atoms with Crippen molar-refractivity contribution in [3.8, 4) is 0 Å². The molecule has 0 radical (unpaired) electrons. The minimum Gasteiger partial charge on any atom is -0.452 e. The second-order valence-corrected chi connectivity index (χ2v) is 8.07. The summed E-state index contributed by atoms with van der Waals surface area (Å²) in [7, 11) is 0. The highest BCUT2D eigenvalue weighted by Gasteiger charge is 2.38. The largest absolute Gasteiger partial charge is 0.452 e. The molecule has 1 aliphatic heterocycles. The van der Waals surface area contributed by atoms with Gasteiger partial charge in [0.1, 0.15) is 0 Å². The summed E-state index contributed by atoms with van der Waals surface area (Å²) in [6.45, 7) is 3.16. The average molecular weight is 463 g/mol. The molecule has 0 saturated heterocycles. The number of rotatable bonds is 5. The summed E-state index contributed by atoms with van der Waals surface area (Å²) in [6, 6.07) is 16.2. The molecular formula is C25H19ClN2O5. The topological polar surface area (TPSA) is 92.8 Å². The lowest BCUT2D eigenvalue weighted by molar-refractivity contribution is -0.119. The summed E-state index contributed by atoms with van der Waals surface area (Å²) >= 11 is 5.88. The molecule has 0 aliphatic carbocycles. The Hall–Kier alpha value is -3.97. The van der Waals surface area contributed by atoms with E-state index in [4.69, 9.17) is 16.3 Å². The number of ether oxygens (including phenoxy) is 1. The third kappa shape index (κ3) is 4.49. The number of benzene rings is 3. The van der Waals surface area contributed by atoms with E-state index < -0.39 is 30.3 Å². The molecule has 4 rings (SSSR count). The van der Waals surface area contributed by atoms with Crippen molar-refractivity contribution < 1.29 is 23.9 Å². The molecule has 3 aromatic carbocycles. The number of aryl methyl sites for hydroxylation is 2. The van der Waals surface area contributed by atoms with Gasteiger partial charge in [-0.25, -0.2) is 9.69 Å². The molecule has 0 saturated carbocycles. The molecule has 1 heterocycles. The van der Waals surface area contributed by atoms with Crippen LogP contribution in [0.1, 0.15) is 42.2 Å². The van der Waals surface area contributed by atoms with Crippen LogP contribution in [0.25, 0.3) is 0 Å². The van der Waals surface area contributed by atoms with Crippen LogP contribution in [-0.2, 0) is 9.53 Å². The molecule has 1 N–H and O–H groups in total. The number of esters is 1. The molecule has 1 aliphatic rings. The van der Waals surface area contributed by atoms with Crippen molar-refractivity contribution in [2.75, 3.05) is 16.8 Å². The van der Waals surface area contributed by atoms with Crippen molar-refractivity contribution in [3.05, 3.63) is 93.5 Å². The zero-order chi connectivity index (χ0) is 23.7. The van der Waals surface area contributed by atoms with Crippen molar-refractivity contribution in [3.63, 3.8) is 0 Å². The summed E-state index contributed by atoms with van der Waals surface area (Å²) in [6.07, 6.45) is 0. The zero-order valence-electron chi connectivity index (χ0n) is 17.8. The number of fused-ring (bicyclic) bond motifs is 1. The Morgan fingerprint density at radius 3 is 2.45 bits per heavy atom. The van der Waals surface area contributed by atoms with E-state index in [0.29, 0.717) is 16.4 Å². The molecular weight excluding hydrogens is 444 g/mol. The predicted molar refractivity (Wildman–Crippen MR) is 124 cm³/mol. The zero-order valence-corrected chi connectivity index (χ0v) is 18.6.